The van der Waals surface area contributed by atoms with Crippen LogP contribution < -0.4 is 14.8 Å². The number of aromatic nitrogens is 3. The number of anilines is 1. The fourth-order valence-corrected chi connectivity index (χ4v) is 3.55. The normalized spacial score (nSPS) is 18.9. The maximum absolute atomic E-state index is 6.09. The van der Waals surface area contributed by atoms with Crippen LogP contribution >= 0.6 is 0 Å². The summed E-state index contributed by atoms with van der Waals surface area (Å²) < 4.78 is 22.8. The number of hydrogen-bond acceptors (Lipinski definition) is 8. The Bertz CT molecular complexity index is 974. The lowest BCUT2D eigenvalue weighted by molar-refractivity contribution is 0.0327. The van der Waals surface area contributed by atoms with E-state index in [9.17, 15) is 0 Å². The third-order valence-electron chi connectivity index (χ3n) is 4.85. The van der Waals surface area contributed by atoms with Gasteiger partial charge in [-0.1, -0.05) is 5.16 Å². The fraction of sp³-hybridized carbons (Fsp3) is 0.476. The van der Waals surface area contributed by atoms with Crippen LogP contribution in [-0.2, 0) is 4.74 Å². The van der Waals surface area contributed by atoms with Gasteiger partial charge >= 0.3 is 0 Å². The Balaban J connectivity index is 1.48. The van der Waals surface area contributed by atoms with Gasteiger partial charge in [-0.3, -0.25) is 4.98 Å². The first kappa shape index (κ1) is 19.4. The lowest BCUT2D eigenvalue weighted by atomic mass is 10.1. The summed E-state index contributed by atoms with van der Waals surface area (Å²) in [5, 5.41) is 8.33. The van der Waals surface area contributed by atoms with E-state index in [1.807, 2.05) is 39.0 Å². The summed E-state index contributed by atoms with van der Waals surface area (Å²) in [4.78, 5) is 8.77. The molecule has 1 fully saturated rings. The molecule has 0 unspecified atom stereocenters. The maximum atomic E-state index is 6.09. The number of hydrogen-bond donors (Lipinski definition) is 1. The number of pyridine rings is 1. The number of nitrogens with one attached hydrogen (secondary N) is 1. The van der Waals surface area contributed by atoms with Gasteiger partial charge in [0.1, 0.15) is 6.10 Å². The van der Waals surface area contributed by atoms with Gasteiger partial charge in [0, 0.05) is 29.9 Å². The predicted octanol–water partition coefficient (Wildman–Crippen LogP) is 4.06. The first-order valence-corrected chi connectivity index (χ1v) is 10.1. The highest BCUT2D eigenvalue weighted by molar-refractivity contribution is 5.93. The number of nitrogens with zero attached hydrogens (tertiary/aromatic N) is 3. The molecule has 0 aliphatic carbocycles. The average molecular weight is 398 g/mol. The van der Waals surface area contributed by atoms with E-state index in [1.54, 1.807) is 6.20 Å². The molecule has 2 atom stereocenters. The summed E-state index contributed by atoms with van der Waals surface area (Å²) in [6, 6.07) is 5.87. The zero-order valence-electron chi connectivity index (χ0n) is 17.0. The molecule has 0 spiro atoms. The predicted molar refractivity (Wildman–Crippen MR) is 108 cm³/mol. The Kier molecular flexibility index (Phi) is 5.80. The van der Waals surface area contributed by atoms with Crippen LogP contribution in [0.4, 0.5) is 5.69 Å². The summed E-state index contributed by atoms with van der Waals surface area (Å²) in [5.74, 6) is 2.62. The van der Waals surface area contributed by atoms with E-state index < -0.39 is 0 Å². The zero-order valence-corrected chi connectivity index (χ0v) is 17.0. The lowest BCUT2D eigenvalue weighted by Gasteiger charge is -2.16. The molecule has 4 rings (SSSR count). The largest absolute Gasteiger partial charge is 0.490 e. The van der Waals surface area contributed by atoms with Crippen molar-refractivity contribution >= 4 is 16.6 Å². The minimum absolute atomic E-state index is 0.0736. The summed E-state index contributed by atoms with van der Waals surface area (Å²) in [5.41, 5.74) is 1.84. The van der Waals surface area contributed by atoms with Crippen LogP contribution in [0.3, 0.4) is 0 Å². The van der Waals surface area contributed by atoms with Crippen molar-refractivity contribution in [3.63, 3.8) is 0 Å². The van der Waals surface area contributed by atoms with Crippen LogP contribution in [-0.4, -0.2) is 41.0 Å². The van der Waals surface area contributed by atoms with Crippen LogP contribution in [0.25, 0.3) is 10.9 Å². The standard InChI is InChI=1S/C21H26N4O4/c1-4-26-19-10-15-16(8-9-22-17(15)11-20(19)27-5-2)23-12-14-6-7-18(28-14)21-24-13(3)25-29-21/h8-11,14,18H,4-7,12H2,1-3H3,(H,22,23)/t14-,18+/m1/s1. The van der Waals surface area contributed by atoms with Crippen LogP contribution in [0.1, 0.15) is 44.5 Å². The van der Waals surface area contributed by atoms with Crippen LogP contribution in [0.2, 0.25) is 0 Å². The molecule has 0 bridgehead atoms. The number of fused-ring (bicyclic) bond motifs is 1. The summed E-state index contributed by atoms with van der Waals surface area (Å²) in [6.07, 6.45) is 3.54. The maximum Gasteiger partial charge on any atom is 0.255 e. The molecule has 29 heavy (non-hydrogen) atoms. The molecule has 1 aromatic carbocycles. The molecule has 1 saturated heterocycles. The molecule has 8 heteroatoms. The Morgan fingerprint density at radius 1 is 1.14 bits per heavy atom. The second-order valence-corrected chi connectivity index (χ2v) is 6.93. The highest BCUT2D eigenvalue weighted by Crippen LogP contribution is 2.36. The Morgan fingerprint density at radius 2 is 1.93 bits per heavy atom. The monoisotopic (exact) mass is 398 g/mol. The van der Waals surface area contributed by atoms with Crippen molar-refractivity contribution in [2.45, 2.75) is 45.8 Å². The summed E-state index contributed by atoms with van der Waals surface area (Å²) in [6.45, 7) is 7.55. The van der Waals surface area contributed by atoms with Gasteiger partial charge in [0.25, 0.3) is 5.89 Å². The van der Waals surface area contributed by atoms with Crippen molar-refractivity contribution in [3.05, 3.63) is 36.1 Å². The van der Waals surface area contributed by atoms with Crippen molar-refractivity contribution in [1.29, 1.82) is 0 Å². The van der Waals surface area contributed by atoms with E-state index in [-0.39, 0.29) is 12.2 Å². The topological polar surface area (TPSA) is 91.5 Å². The first-order chi connectivity index (χ1) is 14.2. The molecular formula is C21H26N4O4. The van der Waals surface area contributed by atoms with Gasteiger partial charge in [-0.15, -0.1) is 0 Å². The van der Waals surface area contributed by atoms with E-state index in [2.05, 4.69) is 20.4 Å². The molecular weight excluding hydrogens is 372 g/mol. The Morgan fingerprint density at radius 3 is 2.66 bits per heavy atom. The molecule has 3 aromatic rings. The van der Waals surface area contributed by atoms with Gasteiger partial charge in [0.05, 0.1) is 24.8 Å². The van der Waals surface area contributed by atoms with Crippen LogP contribution in [0.15, 0.2) is 28.9 Å². The lowest BCUT2D eigenvalue weighted by Crippen LogP contribution is -2.19. The van der Waals surface area contributed by atoms with E-state index in [1.165, 1.54) is 0 Å². The van der Waals surface area contributed by atoms with Gasteiger partial charge in [-0.05, 0) is 45.7 Å². The molecule has 0 amide bonds. The third kappa shape index (κ3) is 4.27. The van der Waals surface area contributed by atoms with Crippen molar-refractivity contribution in [1.82, 2.24) is 15.1 Å². The molecule has 1 aliphatic rings. The van der Waals surface area contributed by atoms with Gasteiger partial charge in [-0.2, -0.15) is 4.98 Å². The van der Waals surface area contributed by atoms with E-state index in [0.717, 1.165) is 35.2 Å². The Hall–Kier alpha value is -2.87. The minimum Gasteiger partial charge on any atom is -0.490 e. The smallest absolute Gasteiger partial charge is 0.255 e. The number of ether oxygens (including phenoxy) is 3. The highest BCUT2D eigenvalue weighted by Gasteiger charge is 2.30. The quantitative estimate of drug-likeness (QED) is 0.607. The summed E-state index contributed by atoms with van der Waals surface area (Å²) in [7, 11) is 0. The van der Waals surface area contributed by atoms with Crippen LogP contribution in [0.5, 0.6) is 11.5 Å². The fourth-order valence-electron chi connectivity index (χ4n) is 3.55. The molecule has 1 N–H and O–H groups in total. The van der Waals surface area contributed by atoms with Gasteiger partial charge in [0.2, 0.25) is 0 Å². The van der Waals surface area contributed by atoms with E-state index in [0.29, 0.717) is 37.2 Å². The molecule has 1 aliphatic heterocycles. The van der Waals surface area contributed by atoms with Gasteiger partial charge in [0.15, 0.2) is 17.3 Å². The number of rotatable bonds is 8. The van der Waals surface area contributed by atoms with Crippen molar-refractivity contribution < 1.29 is 18.7 Å². The Labute approximate surface area is 169 Å². The molecule has 2 aromatic heterocycles. The summed E-state index contributed by atoms with van der Waals surface area (Å²) >= 11 is 0. The number of aryl methyl sites for hydroxylation is 1. The highest BCUT2D eigenvalue weighted by atomic mass is 16.5. The SMILES string of the molecule is CCOc1cc2nccc(NC[C@H]3CC[C@@H](c4nc(C)no4)O3)c2cc1OCC. The average Bonchev–Trinajstić information content (AvgIpc) is 3.36. The molecule has 0 radical (unpaired) electrons. The second kappa shape index (κ2) is 8.65. The molecule has 154 valence electrons. The first-order valence-electron chi connectivity index (χ1n) is 10.1. The second-order valence-electron chi connectivity index (χ2n) is 6.93. The molecule has 3 heterocycles. The minimum atomic E-state index is -0.129. The van der Waals surface area contributed by atoms with Crippen LogP contribution in [0, 0.1) is 6.92 Å². The van der Waals surface area contributed by atoms with E-state index in [4.69, 9.17) is 18.7 Å². The van der Waals surface area contributed by atoms with Crippen molar-refractivity contribution in [3.8, 4) is 11.5 Å². The number of benzene rings is 1. The van der Waals surface area contributed by atoms with E-state index >= 15 is 0 Å². The van der Waals surface area contributed by atoms with Crippen molar-refractivity contribution in [2.24, 2.45) is 0 Å². The van der Waals surface area contributed by atoms with Gasteiger partial charge < -0.3 is 24.1 Å². The molecule has 0 saturated carbocycles. The molecule has 8 nitrogen and oxygen atoms in total. The van der Waals surface area contributed by atoms with Crippen molar-refractivity contribution in [2.75, 3.05) is 25.1 Å². The third-order valence-corrected chi connectivity index (χ3v) is 4.85. The zero-order chi connectivity index (χ0) is 20.2. The van der Waals surface area contributed by atoms with Gasteiger partial charge in [-0.25, -0.2) is 0 Å².